The first-order valence-electron chi connectivity index (χ1n) is 19.2. The standard InChI is InChI=1S/C43H52N2O11/c1-12-13-30-43(7,56-30)31-17-27(47)32-19(2)14-25-34(40(32)55-31)39(51)35-33(38(25)50)23(28-16-26(44(8)9)36(48)20(3)52-28)15-24(37(35)49)29-18-42(6,45(10)11)41(21(4)53-29)54-22(5)46/h12-15,17,20-21,26,28-30,36,41,48-49H,16,18H2,1-11H3/b13-12-/t20?,21?,26?,28?,29?,30-,36?,41?,42?,43+/m0/s1. The van der Waals surface area contributed by atoms with E-state index in [9.17, 15) is 19.8 Å². The number of epoxide rings is 1. The van der Waals surface area contributed by atoms with E-state index in [4.69, 9.17) is 23.4 Å². The third-order valence-corrected chi connectivity index (χ3v) is 12.6. The summed E-state index contributed by atoms with van der Waals surface area (Å²) in [6, 6.07) is 4.22. The maximum atomic E-state index is 15.2. The van der Waals surface area contributed by atoms with E-state index in [-0.39, 0.29) is 69.5 Å². The summed E-state index contributed by atoms with van der Waals surface area (Å²) in [5.74, 6) is -1.93. The topological polar surface area (TPSA) is 169 Å². The summed E-state index contributed by atoms with van der Waals surface area (Å²) in [4.78, 5) is 60.0. The molecule has 0 bridgehead atoms. The fraction of sp³-hybridized carbons (Fsp3) is 0.535. The second-order valence-electron chi connectivity index (χ2n) is 16.7. The Bertz CT molecular complexity index is 2240. The molecule has 3 aromatic rings. The average Bonchev–Trinajstić information content (AvgIpc) is 3.78. The smallest absolute Gasteiger partial charge is 0.303 e. The van der Waals surface area contributed by atoms with Crippen molar-refractivity contribution in [1.82, 2.24) is 9.80 Å². The largest absolute Gasteiger partial charge is 0.507 e. The first-order valence-corrected chi connectivity index (χ1v) is 19.2. The second kappa shape index (κ2) is 14.0. The number of carbonyl (C=O) groups is 3. The number of allylic oxidation sites excluding steroid dienone is 1. The molecule has 7 rings (SSSR count). The first-order chi connectivity index (χ1) is 26.2. The lowest BCUT2D eigenvalue weighted by Gasteiger charge is -2.50. The van der Waals surface area contributed by atoms with Gasteiger partial charge in [0.15, 0.2) is 16.8 Å². The molecule has 10 atom stereocenters. The minimum absolute atomic E-state index is 0.0187. The molecular weight excluding hydrogens is 720 g/mol. The van der Waals surface area contributed by atoms with Crippen LogP contribution in [-0.4, -0.2) is 108 Å². The molecule has 2 aromatic carbocycles. The van der Waals surface area contributed by atoms with Gasteiger partial charge in [-0.1, -0.05) is 12.2 Å². The molecule has 4 heterocycles. The van der Waals surface area contributed by atoms with Gasteiger partial charge in [0.05, 0.1) is 52.6 Å². The van der Waals surface area contributed by atoms with E-state index in [2.05, 4.69) is 0 Å². The zero-order valence-corrected chi connectivity index (χ0v) is 33.9. The lowest BCUT2D eigenvalue weighted by Crippen LogP contribution is -2.61. The Labute approximate surface area is 326 Å². The molecule has 13 heteroatoms. The van der Waals surface area contributed by atoms with E-state index in [0.717, 1.165) is 0 Å². The molecule has 1 aliphatic carbocycles. The summed E-state index contributed by atoms with van der Waals surface area (Å²) in [7, 11) is 7.45. The van der Waals surface area contributed by atoms with Crippen LogP contribution in [0.15, 0.2) is 39.6 Å². The van der Waals surface area contributed by atoms with Gasteiger partial charge in [-0.3, -0.25) is 19.2 Å². The monoisotopic (exact) mass is 772 g/mol. The van der Waals surface area contributed by atoms with Crippen LogP contribution in [0.25, 0.3) is 11.0 Å². The summed E-state index contributed by atoms with van der Waals surface area (Å²) >= 11 is 0. The number of ether oxygens (including phenoxy) is 4. The highest BCUT2D eigenvalue weighted by Crippen LogP contribution is 2.51. The number of ketones is 2. The summed E-state index contributed by atoms with van der Waals surface area (Å²) in [5, 5.41) is 23.6. The van der Waals surface area contributed by atoms with E-state index < -0.39 is 76.5 Å². The van der Waals surface area contributed by atoms with E-state index in [0.29, 0.717) is 11.1 Å². The van der Waals surface area contributed by atoms with Gasteiger partial charge in [-0.15, -0.1) is 0 Å². The van der Waals surface area contributed by atoms with Crippen molar-refractivity contribution in [3.63, 3.8) is 0 Å². The number of likely N-dealkylation sites (N-methyl/N-ethyl adjacent to an activating group) is 2. The van der Waals surface area contributed by atoms with Crippen LogP contribution in [0.5, 0.6) is 5.75 Å². The van der Waals surface area contributed by atoms with Crippen LogP contribution in [0.3, 0.4) is 0 Å². The van der Waals surface area contributed by atoms with Crippen molar-refractivity contribution < 1.29 is 48.0 Å². The molecule has 1 aromatic heterocycles. The van der Waals surface area contributed by atoms with Gasteiger partial charge in [-0.25, -0.2) is 0 Å². The van der Waals surface area contributed by atoms with Gasteiger partial charge >= 0.3 is 5.97 Å². The lowest BCUT2D eigenvalue weighted by molar-refractivity contribution is -0.201. The van der Waals surface area contributed by atoms with E-state index in [1.807, 2.05) is 64.0 Å². The Morgan fingerprint density at radius 2 is 1.62 bits per heavy atom. The third kappa shape index (κ3) is 6.14. The highest BCUT2D eigenvalue weighted by atomic mass is 16.6. The van der Waals surface area contributed by atoms with Crippen molar-refractivity contribution in [1.29, 1.82) is 0 Å². The quantitative estimate of drug-likeness (QED) is 0.146. The number of hydrogen-bond donors (Lipinski definition) is 2. The molecule has 0 radical (unpaired) electrons. The maximum Gasteiger partial charge on any atom is 0.303 e. The van der Waals surface area contributed by atoms with Gasteiger partial charge in [0.25, 0.3) is 0 Å². The fourth-order valence-electron chi connectivity index (χ4n) is 9.12. The number of fused-ring (bicyclic) bond motifs is 4. The number of phenolic OH excluding ortho intramolecular Hbond substituents is 1. The summed E-state index contributed by atoms with van der Waals surface area (Å²) in [5.41, 5.74) is -1.48. The van der Waals surface area contributed by atoms with Crippen LogP contribution in [0.4, 0.5) is 0 Å². The summed E-state index contributed by atoms with van der Waals surface area (Å²) < 4.78 is 31.1. The number of nitrogens with zero attached hydrogens (tertiary/aromatic N) is 2. The highest BCUT2D eigenvalue weighted by Gasteiger charge is 2.55. The number of aliphatic hydroxyl groups excluding tert-OH is 1. The van der Waals surface area contributed by atoms with Crippen molar-refractivity contribution in [2.24, 2.45) is 0 Å². The Morgan fingerprint density at radius 1 is 0.946 bits per heavy atom. The van der Waals surface area contributed by atoms with Gasteiger partial charge in [-0.2, -0.15) is 0 Å². The predicted octanol–water partition coefficient (Wildman–Crippen LogP) is 5.02. The molecule has 4 aliphatic rings. The molecule has 56 heavy (non-hydrogen) atoms. The third-order valence-electron chi connectivity index (χ3n) is 12.6. The number of aryl methyl sites for hydroxylation is 1. The Kier molecular flexibility index (Phi) is 9.99. The lowest BCUT2D eigenvalue weighted by atomic mass is 9.74. The number of phenols is 1. The van der Waals surface area contributed by atoms with Crippen molar-refractivity contribution in [3.8, 4) is 5.75 Å². The van der Waals surface area contributed by atoms with Gasteiger partial charge in [0.2, 0.25) is 5.78 Å². The fourth-order valence-corrected chi connectivity index (χ4v) is 9.12. The van der Waals surface area contributed by atoms with E-state index in [1.54, 1.807) is 33.8 Å². The molecule has 3 aliphatic heterocycles. The molecule has 2 N–H and O–H groups in total. The molecule has 0 amide bonds. The number of rotatable bonds is 7. The number of carbonyl (C=O) groups excluding carboxylic acids is 3. The number of aromatic hydroxyl groups is 1. The Balaban J connectivity index is 1.47. The molecule has 300 valence electrons. The van der Waals surface area contributed by atoms with Crippen molar-refractivity contribution in [2.75, 3.05) is 28.2 Å². The van der Waals surface area contributed by atoms with Crippen LogP contribution in [-0.2, 0) is 29.3 Å². The van der Waals surface area contributed by atoms with Crippen LogP contribution >= 0.6 is 0 Å². The summed E-state index contributed by atoms with van der Waals surface area (Å²) in [6.45, 7) is 12.2. The zero-order valence-electron chi connectivity index (χ0n) is 33.9. The van der Waals surface area contributed by atoms with Crippen LogP contribution < -0.4 is 5.43 Å². The molecular formula is C43H52N2O11. The molecule has 8 unspecified atom stereocenters. The van der Waals surface area contributed by atoms with Crippen LogP contribution in [0.1, 0.15) is 121 Å². The highest BCUT2D eigenvalue weighted by molar-refractivity contribution is 6.33. The van der Waals surface area contributed by atoms with Gasteiger partial charge < -0.3 is 43.4 Å². The molecule has 3 fully saturated rings. The zero-order chi connectivity index (χ0) is 40.9. The van der Waals surface area contributed by atoms with Crippen molar-refractivity contribution in [2.45, 2.75) is 121 Å². The van der Waals surface area contributed by atoms with Crippen LogP contribution in [0, 0.1) is 6.92 Å². The maximum absolute atomic E-state index is 15.2. The molecule has 3 saturated heterocycles. The average molecular weight is 773 g/mol. The summed E-state index contributed by atoms with van der Waals surface area (Å²) in [6.07, 6.45) is -0.535. The van der Waals surface area contributed by atoms with E-state index >= 15 is 9.59 Å². The Hall–Kier alpha value is -4.24. The van der Waals surface area contributed by atoms with E-state index in [1.165, 1.54) is 19.1 Å². The number of esters is 1. The minimum atomic E-state index is -0.959. The normalized spacial score (nSPS) is 33.0. The van der Waals surface area contributed by atoms with Crippen molar-refractivity contribution >= 4 is 28.5 Å². The molecule has 13 nitrogen and oxygen atoms in total. The second-order valence-corrected chi connectivity index (χ2v) is 16.7. The van der Waals surface area contributed by atoms with Crippen molar-refractivity contribution in [3.05, 3.63) is 85.3 Å². The molecule has 0 saturated carbocycles. The van der Waals surface area contributed by atoms with Gasteiger partial charge in [0, 0.05) is 35.7 Å². The first kappa shape index (κ1) is 40.0. The Morgan fingerprint density at radius 3 is 2.25 bits per heavy atom. The molecule has 0 spiro atoms. The number of aliphatic hydroxyl groups is 1. The number of hydrogen-bond acceptors (Lipinski definition) is 13. The van der Waals surface area contributed by atoms with Gasteiger partial charge in [0.1, 0.15) is 29.3 Å². The predicted molar refractivity (Wildman–Crippen MR) is 206 cm³/mol. The SMILES string of the molecule is C/C=C\[C@@H]1O[C@@]1(C)c1cc(=O)c2c(C)cc3c(c2o1)C(=O)c1c(O)c(C2CC(C)(N(C)C)C(OC(C)=O)C(C)O2)cc(C2CC(N(C)C)C(O)C(C)O2)c1C3=O. The van der Waals surface area contributed by atoms with Crippen LogP contribution in [0.2, 0.25) is 0 Å². The van der Waals surface area contributed by atoms with Gasteiger partial charge in [-0.05, 0) is 106 Å². The number of benzene rings is 2. The minimum Gasteiger partial charge on any atom is -0.507 e.